The molecule has 0 saturated carbocycles. The Hall–Kier alpha value is -0.800. The lowest BCUT2D eigenvalue weighted by Gasteiger charge is -2.18. The van der Waals surface area contributed by atoms with Crippen LogP contribution >= 0.6 is 0 Å². The van der Waals surface area contributed by atoms with Crippen LogP contribution in [0.3, 0.4) is 0 Å². The summed E-state index contributed by atoms with van der Waals surface area (Å²) in [7, 11) is 0. The van der Waals surface area contributed by atoms with E-state index in [1.54, 1.807) is 0 Å². The molecule has 1 heterocycles. The average Bonchev–Trinajstić information content (AvgIpc) is 2.63. The van der Waals surface area contributed by atoms with E-state index in [-0.39, 0.29) is 5.66 Å². The second-order valence-corrected chi connectivity index (χ2v) is 3.92. The molecule has 0 aromatic carbocycles. The van der Waals surface area contributed by atoms with Crippen molar-refractivity contribution >= 4 is 0 Å². The maximum absolute atomic E-state index is 4.15. The first-order valence-corrected chi connectivity index (χ1v) is 5.67. The molecule has 0 aromatic rings. The lowest BCUT2D eigenvalue weighted by atomic mass is 9.98. The Balaban J connectivity index is 2.30. The molecule has 0 amide bonds. The zero-order valence-corrected chi connectivity index (χ0v) is 9.24. The Bertz CT molecular complexity index is 198. The zero-order chi connectivity index (χ0) is 10.3. The minimum Gasteiger partial charge on any atom is -0.135 e. The Morgan fingerprint density at radius 3 is 2.07 bits per heavy atom. The first kappa shape index (κ1) is 11.3. The fourth-order valence-corrected chi connectivity index (χ4v) is 1.79. The summed E-state index contributed by atoms with van der Waals surface area (Å²) < 4.78 is 0. The molecule has 1 aliphatic heterocycles. The van der Waals surface area contributed by atoms with Crippen molar-refractivity contribution in [1.29, 1.82) is 0 Å². The van der Waals surface area contributed by atoms with Crippen LogP contribution in [-0.2, 0) is 0 Å². The molecule has 0 fully saturated rings. The summed E-state index contributed by atoms with van der Waals surface area (Å²) in [6.45, 7) is 4.37. The molecule has 0 spiro atoms. The maximum atomic E-state index is 4.15. The van der Waals surface area contributed by atoms with Crippen LogP contribution in [0.15, 0.2) is 20.7 Å². The van der Waals surface area contributed by atoms with E-state index in [0.717, 1.165) is 19.3 Å². The maximum Gasteiger partial charge on any atom is 0.195 e. The van der Waals surface area contributed by atoms with Crippen molar-refractivity contribution in [2.45, 2.75) is 64.5 Å². The van der Waals surface area contributed by atoms with E-state index >= 15 is 0 Å². The highest BCUT2D eigenvalue weighted by atomic mass is 15.6. The largest absolute Gasteiger partial charge is 0.195 e. The molecule has 0 atom stereocenters. The van der Waals surface area contributed by atoms with Crippen molar-refractivity contribution in [1.82, 2.24) is 0 Å². The van der Waals surface area contributed by atoms with Gasteiger partial charge in [0.1, 0.15) is 0 Å². The Kier molecular flexibility index (Phi) is 4.70. The van der Waals surface area contributed by atoms with Gasteiger partial charge in [-0.1, -0.05) is 39.5 Å². The molecule has 1 aliphatic rings. The van der Waals surface area contributed by atoms with E-state index in [1.807, 2.05) is 0 Å². The molecule has 14 heavy (non-hydrogen) atoms. The highest BCUT2D eigenvalue weighted by molar-refractivity contribution is 4.84. The number of hydrogen-bond acceptors (Lipinski definition) is 4. The topological polar surface area (TPSA) is 49.4 Å². The lowest BCUT2D eigenvalue weighted by molar-refractivity contribution is 0.359. The summed E-state index contributed by atoms with van der Waals surface area (Å²) in [5.41, 5.74) is -0.289. The van der Waals surface area contributed by atoms with Crippen LogP contribution in [-0.4, -0.2) is 5.66 Å². The van der Waals surface area contributed by atoms with Crippen molar-refractivity contribution in [2.24, 2.45) is 20.7 Å². The molecule has 80 valence electrons. The van der Waals surface area contributed by atoms with Crippen molar-refractivity contribution < 1.29 is 0 Å². The van der Waals surface area contributed by atoms with E-state index in [0.29, 0.717) is 0 Å². The van der Waals surface area contributed by atoms with E-state index in [1.165, 1.54) is 25.7 Å². The fraction of sp³-hybridized carbons (Fsp3) is 1.00. The number of hydrogen-bond donors (Lipinski definition) is 0. The van der Waals surface area contributed by atoms with Crippen LogP contribution in [0.4, 0.5) is 0 Å². The second kappa shape index (κ2) is 5.83. The predicted molar refractivity (Wildman–Crippen MR) is 56.1 cm³/mol. The van der Waals surface area contributed by atoms with Gasteiger partial charge in [0, 0.05) is 0 Å². The third-order valence-corrected chi connectivity index (χ3v) is 2.58. The first-order valence-electron chi connectivity index (χ1n) is 5.67. The zero-order valence-electron chi connectivity index (χ0n) is 9.24. The summed E-state index contributed by atoms with van der Waals surface area (Å²) in [5, 5.41) is 15.6. The summed E-state index contributed by atoms with van der Waals surface area (Å²) in [6, 6.07) is 0. The van der Waals surface area contributed by atoms with Gasteiger partial charge in [-0.05, 0) is 29.7 Å². The first-order chi connectivity index (χ1) is 6.83. The van der Waals surface area contributed by atoms with Gasteiger partial charge in [-0.3, -0.25) is 0 Å². The lowest BCUT2D eigenvalue weighted by Crippen LogP contribution is -2.20. The van der Waals surface area contributed by atoms with E-state index in [9.17, 15) is 0 Å². The van der Waals surface area contributed by atoms with E-state index in [4.69, 9.17) is 0 Å². The summed E-state index contributed by atoms with van der Waals surface area (Å²) in [6.07, 6.45) is 8.10. The third-order valence-electron chi connectivity index (χ3n) is 2.58. The second-order valence-electron chi connectivity index (χ2n) is 3.92. The number of nitrogens with zero attached hydrogens (tertiary/aromatic N) is 4. The molecule has 1 rings (SSSR count). The molecule has 0 unspecified atom stereocenters. The van der Waals surface area contributed by atoms with Crippen LogP contribution in [0.5, 0.6) is 0 Å². The van der Waals surface area contributed by atoms with Gasteiger partial charge in [0.15, 0.2) is 5.66 Å². The highest BCUT2D eigenvalue weighted by Crippen LogP contribution is 2.31. The molecule has 0 saturated heterocycles. The average molecular weight is 196 g/mol. The quantitative estimate of drug-likeness (QED) is 0.545. The van der Waals surface area contributed by atoms with Crippen LogP contribution in [0.2, 0.25) is 0 Å². The van der Waals surface area contributed by atoms with E-state index < -0.39 is 0 Å². The molecular formula is C10H20N4. The third kappa shape index (κ3) is 3.16. The Morgan fingerprint density at radius 1 is 0.786 bits per heavy atom. The number of rotatable bonds is 7. The number of unbranched alkanes of at least 4 members (excludes halogenated alkanes) is 3. The van der Waals surface area contributed by atoms with Gasteiger partial charge in [-0.25, -0.2) is 0 Å². The van der Waals surface area contributed by atoms with E-state index in [2.05, 4.69) is 34.5 Å². The van der Waals surface area contributed by atoms with Crippen molar-refractivity contribution in [3.8, 4) is 0 Å². The standard InChI is InChI=1S/C10H20N4/c1-3-5-6-7-9-10(8-4-2)11-13-14-12-10/h3-9H2,1-2H3. The predicted octanol–water partition coefficient (Wildman–Crippen LogP) is 4.29. The van der Waals surface area contributed by atoms with Gasteiger partial charge in [-0.2, -0.15) is 0 Å². The normalized spacial score (nSPS) is 17.9. The smallest absolute Gasteiger partial charge is 0.135 e. The minimum absolute atomic E-state index is 0.289. The molecule has 0 radical (unpaired) electrons. The fourth-order valence-electron chi connectivity index (χ4n) is 1.79. The van der Waals surface area contributed by atoms with Crippen LogP contribution in [0.1, 0.15) is 58.8 Å². The Labute approximate surface area is 85.9 Å². The minimum atomic E-state index is -0.289. The van der Waals surface area contributed by atoms with Gasteiger partial charge in [0.05, 0.1) is 0 Å². The molecule has 4 heteroatoms. The Morgan fingerprint density at radius 2 is 1.50 bits per heavy atom. The monoisotopic (exact) mass is 196 g/mol. The van der Waals surface area contributed by atoms with Crippen LogP contribution in [0.25, 0.3) is 0 Å². The summed E-state index contributed by atoms with van der Waals surface area (Å²) in [4.78, 5) is 0. The van der Waals surface area contributed by atoms with Crippen molar-refractivity contribution in [2.75, 3.05) is 0 Å². The highest BCUT2D eigenvalue weighted by Gasteiger charge is 2.31. The molecule has 0 bridgehead atoms. The van der Waals surface area contributed by atoms with Crippen molar-refractivity contribution in [3.63, 3.8) is 0 Å². The molecular weight excluding hydrogens is 176 g/mol. The van der Waals surface area contributed by atoms with Crippen LogP contribution in [0, 0.1) is 0 Å². The van der Waals surface area contributed by atoms with Gasteiger partial charge in [0.25, 0.3) is 0 Å². The summed E-state index contributed by atoms with van der Waals surface area (Å²) >= 11 is 0. The molecule has 0 aromatic heterocycles. The van der Waals surface area contributed by atoms with Gasteiger partial charge < -0.3 is 0 Å². The van der Waals surface area contributed by atoms with Gasteiger partial charge >= 0.3 is 0 Å². The van der Waals surface area contributed by atoms with Gasteiger partial charge in [-0.15, -0.1) is 10.2 Å². The molecule has 4 nitrogen and oxygen atoms in total. The van der Waals surface area contributed by atoms with Crippen LogP contribution < -0.4 is 0 Å². The molecule has 0 N–H and O–H groups in total. The van der Waals surface area contributed by atoms with Gasteiger partial charge in [0.2, 0.25) is 0 Å². The SMILES string of the molecule is CCCCCCC1(CCC)N=NN=N1. The van der Waals surface area contributed by atoms with Crippen molar-refractivity contribution in [3.05, 3.63) is 0 Å². The molecule has 0 aliphatic carbocycles. The summed E-state index contributed by atoms with van der Waals surface area (Å²) in [5.74, 6) is 0.